The van der Waals surface area contributed by atoms with E-state index in [-0.39, 0.29) is 0 Å². The van der Waals surface area contributed by atoms with Crippen LogP contribution >= 0.6 is 0 Å². The van der Waals surface area contributed by atoms with Crippen LogP contribution in [0.4, 0.5) is 0 Å². The Kier molecular flexibility index (Phi) is 3.26. The van der Waals surface area contributed by atoms with Gasteiger partial charge in [-0.1, -0.05) is 0 Å². The molecule has 2 heteroatoms. The van der Waals surface area contributed by atoms with Crippen LogP contribution in [0.15, 0.2) is 0 Å². The van der Waals surface area contributed by atoms with Crippen LogP contribution in [0, 0.1) is 11.3 Å². The maximum Gasteiger partial charge on any atom is 0.0621 e. The van der Waals surface area contributed by atoms with Crippen molar-refractivity contribution in [2.75, 3.05) is 0 Å². The largest absolute Gasteiger partial charge is 0.390 e. The Morgan fingerprint density at radius 2 is 2.11 bits per heavy atom. The molecule has 0 aliphatic carbocycles. The lowest BCUT2D eigenvalue weighted by molar-refractivity contribution is 0.0692. The van der Waals surface area contributed by atoms with E-state index < -0.39 is 5.60 Å². The van der Waals surface area contributed by atoms with Gasteiger partial charge in [0.1, 0.15) is 0 Å². The normalized spacial score (nSPS) is 10.9. The summed E-state index contributed by atoms with van der Waals surface area (Å²) in [6, 6.07) is 2.03. The highest BCUT2D eigenvalue weighted by Crippen LogP contribution is 2.10. The molecular weight excluding hydrogens is 114 g/mol. The molecule has 0 aliphatic rings. The fourth-order valence-electron chi connectivity index (χ4n) is 0.600. The van der Waals surface area contributed by atoms with Crippen molar-refractivity contribution in [3.63, 3.8) is 0 Å². The molecule has 0 heterocycles. The van der Waals surface area contributed by atoms with Gasteiger partial charge < -0.3 is 5.11 Å². The van der Waals surface area contributed by atoms with E-state index >= 15 is 0 Å². The SMILES string of the molecule is CC(C)(O)CCCC#N. The fourth-order valence-corrected chi connectivity index (χ4v) is 0.600. The van der Waals surface area contributed by atoms with Crippen molar-refractivity contribution in [1.82, 2.24) is 0 Å². The molecule has 0 atom stereocenters. The summed E-state index contributed by atoms with van der Waals surface area (Å²) in [6.07, 6.45) is 2.05. The van der Waals surface area contributed by atoms with Crippen LogP contribution in [0.2, 0.25) is 0 Å². The number of aliphatic hydroxyl groups is 1. The molecule has 1 N–H and O–H groups in total. The Bertz CT molecular complexity index is 107. The monoisotopic (exact) mass is 127 g/mol. The number of nitriles is 1. The molecule has 0 amide bonds. The molecule has 0 rings (SSSR count). The van der Waals surface area contributed by atoms with Crippen LogP contribution < -0.4 is 0 Å². The van der Waals surface area contributed by atoms with Gasteiger partial charge in [-0.3, -0.25) is 0 Å². The molecule has 0 aromatic rings. The Balaban J connectivity index is 3.20. The molecule has 0 unspecified atom stereocenters. The minimum Gasteiger partial charge on any atom is -0.390 e. The predicted molar refractivity (Wildman–Crippen MR) is 35.8 cm³/mol. The zero-order chi connectivity index (χ0) is 7.33. The number of hydrogen-bond acceptors (Lipinski definition) is 2. The summed E-state index contributed by atoms with van der Waals surface area (Å²) < 4.78 is 0. The second kappa shape index (κ2) is 3.47. The number of hydrogen-bond donors (Lipinski definition) is 1. The zero-order valence-electron chi connectivity index (χ0n) is 6.02. The van der Waals surface area contributed by atoms with Crippen molar-refractivity contribution < 1.29 is 5.11 Å². The van der Waals surface area contributed by atoms with Gasteiger partial charge in [-0.15, -0.1) is 0 Å². The van der Waals surface area contributed by atoms with E-state index in [2.05, 4.69) is 0 Å². The summed E-state index contributed by atoms with van der Waals surface area (Å²) in [4.78, 5) is 0. The molecule has 0 fully saturated rings. The molecule has 0 aliphatic heterocycles. The molecule has 0 spiro atoms. The summed E-state index contributed by atoms with van der Waals surface area (Å²) in [5.41, 5.74) is -0.600. The molecule has 0 aromatic heterocycles. The van der Waals surface area contributed by atoms with E-state index in [1.54, 1.807) is 13.8 Å². The second-order valence-corrected chi connectivity index (χ2v) is 2.82. The Labute approximate surface area is 56.1 Å². The first kappa shape index (κ1) is 8.45. The third-order valence-corrected chi connectivity index (χ3v) is 1.08. The van der Waals surface area contributed by atoms with Crippen LogP contribution in [-0.4, -0.2) is 10.7 Å². The van der Waals surface area contributed by atoms with Gasteiger partial charge in [0.25, 0.3) is 0 Å². The molecule has 2 nitrogen and oxygen atoms in total. The van der Waals surface area contributed by atoms with E-state index in [9.17, 15) is 0 Å². The summed E-state index contributed by atoms with van der Waals surface area (Å²) in [5.74, 6) is 0. The maximum absolute atomic E-state index is 9.13. The Morgan fingerprint density at radius 3 is 2.44 bits per heavy atom. The van der Waals surface area contributed by atoms with Gasteiger partial charge in [0.05, 0.1) is 11.7 Å². The van der Waals surface area contributed by atoms with Crippen molar-refractivity contribution in [2.24, 2.45) is 0 Å². The standard InChI is InChI=1S/C7H13NO/c1-7(2,9)5-3-4-6-8/h9H,3-5H2,1-2H3. The Morgan fingerprint density at radius 1 is 1.56 bits per heavy atom. The van der Waals surface area contributed by atoms with Crippen molar-refractivity contribution >= 4 is 0 Å². The van der Waals surface area contributed by atoms with Gasteiger partial charge in [-0.25, -0.2) is 0 Å². The van der Waals surface area contributed by atoms with E-state index in [0.717, 1.165) is 6.42 Å². The summed E-state index contributed by atoms with van der Waals surface area (Å²) in [6.45, 7) is 3.51. The summed E-state index contributed by atoms with van der Waals surface area (Å²) in [5, 5.41) is 17.3. The highest BCUT2D eigenvalue weighted by atomic mass is 16.3. The van der Waals surface area contributed by atoms with E-state index in [1.807, 2.05) is 6.07 Å². The van der Waals surface area contributed by atoms with Crippen LogP contribution in [-0.2, 0) is 0 Å². The van der Waals surface area contributed by atoms with Gasteiger partial charge in [-0.05, 0) is 26.7 Å². The molecule has 0 aromatic carbocycles. The van der Waals surface area contributed by atoms with Crippen molar-refractivity contribution in [1.29, 1.82) is 5.26 Å². The lowest BCUT2D eigenvalue weighted by atomic mass is 10.0. The molecule has 0 radical (unpaired) electrons. The van der Waals surface area contributed by atoms with Crippen LogP contribution in [0.5, 0.6) is 0 Å². The van der Waals surface area contributed by atoms with Crippen LogP contribution in [0.3, 0.4) is 0 Å². The third kappa shape index (κ3) is 7.45. The molecule has 9 heavy (non-hydrogen) atoms. The highest BCUT2D eigenvalue weighted by Gasteiger charge is 2.10. The van der Waals surface area contributed by atoms with Gasteiger partial charge in [0.2, 0.25) is 0 Å². The van der Waals surface area contributed by atoms with Crippen LogP contribution in [0.25, 0.3) is 0 Å². The number of rotatable bonds is 3. The average Bonchev–Trinajstić information content (AvgIpc) is 1.63. The fraction of sp³-hybridized carbons (Fsp3) is 0.857. The molecular formula is C7H13NO. The molecule has 0 saturated carbocycles. The smallest absolute Gasteiger partial charge is 0.0621 e. The minimum atomic E-state index is -0.600. The Hall–Kier alpha value is -0.550. The van der Waals surface area contributed by atoms with Gasteiger partial charge in [0, 0.05) is 6.42 Å². The first-order chi connectivity index (χ1) is 4.06. The number of nitrogens with zero attached hydrogens (tertiary/aromatic N) is 1. The van der Waals surface area contributed by atoms with Crippen molar-refractivity contribution in [2.45, 2.75) is 38.7 Å². The molecule has 52 valence electrons. The number of unbranched alkanes of at least 4 members (excludes halogenated alkanes) is 1. The lowest BCUT2D eigenvalue weighted by Crippen LogP contribution is -2.17. The minimum absolute atomic E-state index is 0.546. The van der Waals surface area contributed by atoms with Crippen molar-refractivity contribution in [3.05, 3.63) is 0 Å². The lowest BCUT2D eigenvalue weighted by Gasteiger charge is -2.14. The molecule has 0 bridgehead atoms. The first-order valence-corrected chi connectivity index (χ1v) is 3.15. The zero-order valence-corrected chi connectivity index (χ0v) is 6.02. The molecule has 0 saturated heterocycles. The summed E-state index contributed by atoms with van der Waals surface area (Å²) in [7, 11) is 0. The van der Waals surface area contributed by atoms with E-state index in [1.165, 1.54) is 0 Å². The van der Waals surface area contributed by atoms with E-state index in [4.69, 9.17) is 10.4 Å². The topological polar surface area (TPSA) is 44.0 Å². The maximum atomic E-state index is 9.13. The predicted octanol–water partition coefficient (Wildman–Crippen LogP) is 1.45. The van der Waals surface area contributed by atoms with Gasteiger partial charge in [0.15, 0.2) is 0 Å². The highest BCUT2D eigenvalue weighted by molar-refractivity contribution is 4.72. The van der Waals surface area contributed by atoms with Gasteiger partial charge in [-0.2, -0.15) is 5.26 Å². The van der Waals surface area contributed by atoms with Gasteiger partial charge >= 0.3 is 0 Å². The van der Waals surface area contributed by atoms with E-state index in [0.29, 0.717) is 12.8 Å². The average molecular weight is 127 g/mol. The van der Waals surface area contributed by atoms with Crippen LogP contribution in [0.1, 0.15) is 33.1 Å². The summed E-state index contributed by atoms with van der Waals surface area (Å²) >= 11 is 0. The quantitative estimate of drug-likeness (QED) is 0.583. The third-order valence-electron chi connectivity index (χ3n) is 1.08. The first-order valence-electron chi connectivity index (χ1n) is 3.15. The second-order valence-electron chi connectivity index (χ2n) is 2.82. The van der Waals surface area contributed by atoms with Crippen molar-refractivity contribution in [3.8, 4) is 6.07 Å².